The van der Waals surface area contributed by atoms with E-state index in [2.05, 4.69) is 34.1 Å². The Morgan fingerprint density at radius 3 is 2.29 bits per heavy atom. The van der Waals surface area contributed by atoms with Gasteiger partial charge in [-0.25, -0.2) is 0 Å². The Kier molecular flexibility index (Phi) is 5.72. The normalized spacial score (nSPS) is 16.2. The van der Waals surface area contributed by atoms with Crippen LogP contribution < -0.4 is 10.5 Å². The van der Waals surface area contributed by atoms with Gasteiger partial charge in [0.2, 0.25) is 0 Å². The molecule has 0 unspecified atom stereocenters. The molecule has 1 fully saturated rings. The van der Waals surface area contributed by atoms with Crippen LogP contribution >= 0.6 is 0 Å². The van der Waals surface area contributed by atoms with Gasteiger partial charge in [0.15, 0.2) is 0 Å². The molecule has 0 bridgehead atoms. The lowest BCUT2D eigenvalue weighted by Gasteiger charge is -2.34. The van der Waals surface area contributed by atoms with Crippen LogP contribution in [0.5, 0.6) is 5.75 Å². The van der Waals surface area contributed by atoms with Gasteiger partial charge in [-0.15, -0.1) is 0 Å². The summed E-state index contributed by atoms with van der Waals surface area (Å²) in [5.41, 5.74) is 9.39. The summed E-state index contributed by atoms with van der Waals surface area (Å²) in [5, 5.41) is 0. The quantitative estimate of drug-likeness (QED) is 0.829. The van der Waals surface area contributed by atoms with Crippen LogP contribution in [-0.4, -0.2) is 49.6 Å². The van der Waals surface area contributed by atoms with Gasteiger partial charge in [0.25, 0.3) is 0 Å². The maximum absolute atomic E-state index is 5.85. The number of nitrogens with zero attached hydrogens (tertiary/aromatic N) is 2. The first kappa shape index (κ1) is 16.8. The lowest BCUT2D eigenvalue weighted by molar-refractivity contribution is 0.128. The van der Waals surface area contributed by atoms with Crippen LogP contribution in [-0.2, 0) is 13.0 Å². The summed E-state index contributed by atoms with van der Waals surface area (Å²) in [7, 11) is 1.71. The Morgan fingerprint density at radius 1 is 0.917 bits per heavy atom. The van der Waals surface area contributed by atoms with Gasteiger partial charge in [0.1, 0.15) is 5.75 Å². The molecule has 128 valence electrons. The molecule has 1 aliphatic heterocycles. The average Bonchev–Trinajstić information content (AvgIpc) is 2.62. The van der Waals surface area contributed by atoms with Crippen molar-refractivity contribution in [3.63, 3.8) is 0 Å². The third-order valence-electron chi connectivity index (χ3n) is 4.70. The zero-order chi connectivity index (χ0) is 16.8. The van der Waals surface area contributed by atoms with E-state index in [0.29, 0.717) is 0 Å². The van der Waals surface area contributed by atoms with Crippen molar-refractivity contribution in [1.29, 1.82) is 0 Å². The fraction of sp³-hybridized carbons (Fsp3) is 0.400. The van der Waals surface area contributed by atoms with Gasteiger partial charge in [-0.2, -0.15) is 0 Å². The third kappa shape index (κ3) is 4.73. The minimum atomic E-state index is 0.858. The number of nitrogens with two attached hydrogens (primary N) is 1. The Labute approximate surface area is 144 Å². The van der Waals surface area contributed by atoms with E-state index in [4.69, 9.17) is 10.5 Å². The smallest absolute Gasteiger partial charge is 0.118 e. The molecule has 0 spiro atoms. The van der Waals surface area contributed by atoms with E-state index in [9.17, 15) is 0 Å². The van der Waals surface area contributed by atoms with Gasteiger partial charge >= 0.3 is 0 Å². The SMILES string of the molecule is COc1ccc(CN2CCN(CCc3cccc(N)c3)CC2)cc1. The molecule has 2 aromatic rings. The first-order chi connectivity index (χ1) is 11.7. The van der Waals surface area contributed by atoms with Gasteiger partial charge in [0, 0.05) is 45.0 Å². The third-order valence-corrected chi connectivity index (χ3v) is 4.70. The van der Waals surface area contributed by atoms with Crippen molar-refractivity contribution in [1.82, 2.24) is 9.80 Å². The number of anilines is 1. The highest BCUT2D eigenvalue weighted by atomic mass is 16.5. The largest absolute Gasteiger partial charge is 0.497 e. The van der Waals surface area contributed by atoms with Crippen molar-refractivity contribution >= 4 is 5.69 Å². The van der Waals surface area contributed by atoms with Crippen LogP contribution in [0.3, 0.4) is 0 Å². The number of piperazine rings is 1. The second kappa shape index (κ2) is 8.18. The van der Waals surface area contributed by atoms with Crippen LogP contribution in [0.25, 0.3) is 0 Å². The second-order valence-electron chi connectivity index (χ2n) is 6.46. The number of nitrogen functional groups attached to an aromatic ring is 1. The molecule has 0 aliphatic carbocycles. The number of benzene rings is 2. The molecular formula is C20H27N3O. The zero-order valence-corrected chi connectivity index (χ0v) is 14.4. The van der Waals surface area contributed by atoms with Gasteiger partial charge in [-0.1, -0.05) is 24.3 Å². The van der Waals surface area contributed by atoms with E-state index in [1.54, 1.807) is 7.11 Å². The molecular weight excluding hydrogens is 298 g/mol. The molecule has 2 N–H and O–H groups in total. The molecule has 1 heterocycles. The molecule has 0 saturated carbocycles. The first-order valence-corrected chi connectivity index (χ1v) is 8.65. The number of hydrogen-bond acceptors (Lipinski definition) is 4. The molecule has 3 rings (SSSR count). The summed E-state index contributed by atoms with van der Waals surface area (Å²) in [6.45, 7) is 6.66. The second-order valence-corrected chi connectivity index (χ2v) is 6.46. The van der Waals surface area contributed by atoms with Crippen molar-refractivity contribution in [2.45, 2.75) is 13.0 Å². The number of hydrogen-bond donors (Lipinski definition) is 1. The molecule has 1 aliphatic rings. The molecule has 24 heavy (non-hydrogen) atoms. The minimum absolute atomic E-state index is 0.858. The highest BCUT2D eigenvalue weighted by Gasteiger charge is 2.16. The Balaban J connectivity index is 1.42. The number of rotatable bonds is 6. The van der Waals surface area contributed by atoms with Crippen LogP contribution in [0.1, 0.15) is 11.1 Å². The maximum Gasteiger partial charge on any atom is 0.118 e. The maximum atomic E-state index is 5.85. The van der Waals surface area contributed by atoms with Gasteiger partial charge < -0.3 is 15.4 Å². The van der Waals surface area contributed by atoms with Crippen molar-refractivity contribution in [2.75, 3.05) is 45.6 Å². The van der Waals surface area contributed by atoms with Gasteiger partial charge in [-0.05, 0) is 41.8 Å². The van der Waals surface area contributed by atoms with Crippen LogP contribution in [0, 0.1) is 0 Å². The average molecular weight is 325 g/mol. The van der Waals surface area contributed by atoms with Gasteiger partial charge in [0.05, 0.1) is 7.11 Å². The lowest BCUT2D eigenvalue weighted by atomic mass is 10.1. The summed E-state index contributed by atoms with van der Waals surface area (Å²) in [6, 6.07) is 16.6. The Bertz CT molecular complexity index is 634. The van der Waals surface area contributed by atoms with E-state index in [0.717, 1.165) is 57.1 Å². The first-order valence-electron chi connectivity index (χ1n) is 8.65. The molecule has 0 aromatic heterocycles. The summed E-state index contributed by atoms with van der Waals surface area (Å²) < 4.78 is 5.22. The van der Waals surface area contributed by atoms with Crippen molar-refractivity contribution in [3.05, 3.63) is 59.7 Å². The topological polar surface area (TPSA) is 41.7 Å². The standard InChI is InChI=1S/C20H27N3O/c1-24-20-7-5-18(6-8-20)16-23-13-11-22(12-14-23)10-9-17-3-2-4-19(21)15-17/h2-8,15H,9-14,16,21H2,1H3. The predicted octanol–water partition coefficient (Wildman–Crippen LogP) is 2.64. The summed E-state index contributed by atoms with van der Waals surface area (Å²) in [5.74, 6) is 0.921. The molecule has 0 radical (unpaired) electrons. The molecule has 4 heteroatoms. The molecule has 4 nitrogen and oxygen atoms in total. The summed E-state index contributed by atoms with van der Waals surface area (Å²) in [6.07, 6.45) is 1.07. The van der Waals surface area contributed by atoms with Crippen molar-refractivity contribution in [3.8, 4) is 5.75 Å². The highest BCUT2D eigenvalue weighted by molar-refractivity contribution is 5.40. The van der Waals surface area contributed by atoms with Crippen LogP contribution in [0.2, 0.25) is 0 Å². The molecule has 0 atom stereocenters. The van der Waals surface area contributed by atoms with Crippen LogP contribution in [0.4, 0.5) is 5.69 Å². The highest BCUT2D eigenvalue weighted by Crippen LogP contribution is 2.14. The van der Waals surface area contributed by atoms with E-state index in [-0.39, 0.29) is 0 Å². The fourth-order valence-electron chi connectivity index (χ4n) is 3.20. The zero-order valence-electron chi connectivity index (χ0n) is 14.4. The molecule has 1 saturated heterocycles. The number of ether oxygens (including phenoxy) is 1. The van der Waals surface area contributed by atoms with Gasteiger partial charge in [-0.3, -0.25) is 4.90 Å². The predicted molar refractivity (Wildman–Crippen MR) is 99.3 cm³/mol. The minimum Gasteiger partial charge on any atom is -0.497 e. The van der Waals surface area contributed by atoms with E-state index >= 15 is 0 Å². The lowest BCUT2D eigenvalue weighted by Crippen LogP contribution is -2.46. The monoisotopic (exact) mass is 325 g/mol. The molecule has 2 aromatic carbocycles. The van der Waals surface area contributed by atoms with Crippen LogP contribution in [0.15, 0.2) is 48.5 Å². The Hall–Kier alpha value is -2.04. The summed E-state index contributed by atoms with van der Waals surface area (Å²) in [4.78, 5) is 5.08. The summed E-state index contributed by atoms with van der Waals surface area (Å²) >= 11 is 0. The molecule has 0 amide bonds. The van der Waals surface area contributed by atoms with E-state index < -0.39 is 0 Å². The number of methoxy groups -OCH3 is 1. The van der Waals surface area contributed by atoms with E-state index in [1.807, 2.05) is 24.3 Å². The van der Waals surface area contributed by atoms with E-state index in [1.165, 1.54) is 11.1 Å². The van der Waals surface area contributed by atoms with Crippen molar-refractivity contribution in [2.24, 2.45) is 0 Å². The Morgan fingerprint density at radius 2 is 1.62 bits per heavy atom. The fourth-order valence-corrected chi connectivity index (χ4v) is 3.20. The van der Waals surface area contributed by atoms with Crippen molar-refractivity contribution < 1.29 is 4.74 Å².